The Balaban J connectivity index is 2.16. The molecule has 0 aliphatic carbocycles. The standard InChI is InChI=1S/C15H13BrO2/c1-11-4-2-3-5-12(11)10-18-15-7-6-14(16)8-13(15)9-17/h2-9H,10H2,1H3. The number of hydrogen-bond acceptors (Lipinski definition) is 2. The van der Waals surface area contributed by atoms with Crippen LogP contribution >= 0.6 is 15.9 Å². The highest BCUT2D eigenvalue weighted by atomic mass is 79.9. The summed E-state index contributed by atoms with van der Waals surface area (Å²) in [6.07, 6.45) is 0.804. The fraction of sp³-hybridized carbons (Fsp3) is 0.133. The molecule has 2 aromatic rings. The molecule has 0 atom stereocenters. The number of rotatable bonds is 4. The quantitative estimate of drug-likeness (QED) is 0.793. The molecular weight excluding hydrogens is 292 g/mol. The molecule has 2 aromatic carbocycles. The summed E-state index contributed by atoms with van der Waals surface area (Å²) >= 11 is 3.33. The molecule has 0 amide bonds. The van der Waals surface area contributed by atoms with Crippen LogP contribution in [0.15, 0.2) is 46.9 Å². The molecule has 0 aromatic heterocycles. The molecular formula is C15H13BrO2. The summed E-state index contributed by atoms with van der Waals surface area (Å²) in [6, 6.07) is 13.4. The Labute approximate surface area is 115 Å². The predicted octanol–water partition coefficient (Wildman–Crippen LogP) is 4.15. The Morgan fingerprint density at radius 1 is 1.22 bits per heavy atom. The van der Waals surface area contributed by atoms with Gasteiger partial charge in [0, 0.05) is 4.47 Å². The van der Waals surface area contributed by atoms with Gasteiger partial charge in [0.25, 0.3) is 0 Å². The largest absolute Gasteiger partial charge is 0.488 e. The maximum Gasteiger partial charge on any atom is 0.153 e. The van der Waals surface area contributed by atoms with Crippen molar-refractivity contribution in [2.24, 2.45) is 0 Å². The van der Waals surface area contributed by atoms with Crippen molar-refractivity contribution in [3.63, 3.8) is 0 Å². The van der Waals surface area contributed by atoms with Gasteiger partial charge in [0.2, 0.25) is 0 Å². The van der Waals surface area contributed by atoms with E-state index in [-0.39, 0.29) is 0 Å². The van der Waals surface area contributed by atoms with Gasteiger partial charge in [-0.2, -0.15) is 0 Å². The predicted molar refractivity (Wildman–Crippen MR) is 75.0 cm³/mol. The van der Waals surface area contributed by atoms with Crippen molar-refractivity contribution < 1.29 is 9.53 Å². The van der Waals surface area contributed by atoms with Crippen LogP contribution in [0.1, 0.15) is 21.5 Å². The molecule has 0 N–H and O–H groups in total. The second-order valence-electron chi connectivity index (χ2n) is 4.02. The van der Waals surface area contributed by atoms with Gasteiger partial charge in [-0.05, 0) is 36.2 Å². The third kappa shape index (κ3) is 2.99. The zero-order valence-corrected chi connectivity index (χ0v) is 11.6. The monoisotopic (exact) mass is 304 g/mol. The molecule has 2 nitrogen and oxygen atoms in total. The Kier molecular flexibility index (Phi) is 4.15. The van der Waals surface area contributed by atoms with Crippen LogP contribution in [0.25, 0.3) is 0 Å². The summed E-state index contributed by atoms with van der Waals surface area (Å²) in [5.41, 5.74) is 2.86. The molecule has 0 saturated carbocycles. The molecule has 0 bridgehead atoms. The van der Waals surface area contributed by atoms with Crippen LogP contribution in [0.2, 0.25) is 0 Å². The number of halogens is 1. The van der Waals surface area contributed by atoms with Crippen LogP contribution in [0, 0.1) is 6.92 Å². The van der Waals surface area contributed by atoms with Gasteiger partial charge in [0.05, 0.1) is 5.56 Å². The number of benzene rings is 2. The van der Waals surface area contributed by atoms with Crippen molar-refractivity contribution in [2.75, 3.05) is 0 Å². The molecule has 0 radical (unpaired) electrons. The Morgan fingerprint density at radius 3 is 2.72 bits per heavy atom. The van der Waals surface area contributed by atoms with Crippen molar-refractivity contribution in [3.8, 4) is 5.75 Å². The van der Waals surface area contributed by atoms with Gasteiger partial charge in [0.1, 0.15) is 12.4 Å². The van der Waals surface area contributed by atoms with Gasteiger partial charge in [-0.1, -0.05) is 40.2 Å². The van der Waals surface area contributed by atoms with E-state index in [1.165, 1.54) is 5.56 Å². The SMILES string of the molecule is Cc1ccccc1COc1ccc(Br)cc1C=O. The van der Waals surface area contributed by atoms with E-state index in [0.717, 1.165) is 16.3 Å². The van der Waals surface area contributed by atoms with Crippen molar-refractivity contribution >= 4 is 22.2 Å². The summed E-state index contributed by atoms with van der Waals surface area (Å²) in [5.74, 6) is 0.608. The lowest BCUT2D eigenvalue weighted by Gasteiger charge is -2.10. The molecule has 0 spiro atoms. The fourth-order valence-electron chi connectivity index (χ4n) is 1.67. The van der Waals surface area contributed by atoms with Gasteiger partial charge in [-0.15, -0.1) is 0 Å². The molecule has 0 fully saturated rings. The number of carbonyl (C=O) groups is 1. The maximum atomic E-state index is 11.0. The first kappa shape index (κ1) is 12.8. The van der Waals surface area contributed by atoms with Crippen LogP contribution in [0.4, 0.5) is 0 Å². The van der Waals surface area contributed by atoms with Gasteiger partial charge < -0.3 is 4.74 Å². The van der Waals surface area contributed by atoms with E-state index >= 15 is 0 Å². The van der Waals surface area contributed by atoms with Gasteiger partial charge in [0.15, 0.2) is 6.29 Å². The minimum atomic E-state index is 0.467. The smallest absolute Gasteiger partial charge is 0.153 e. The molecule has 3 heteroatoms. The van der Waals surface area contributed by atoms with Crippen LogP contribution in [0.3, 0.4) is 0 Å². The van der Waals surface area contributed by atoms with E-state index in [1.807, 2.05) is 37.3 Å². The number of ether oxygens (including phenoxy) is 1. The van der Waals surface area contributed by atoms with Crippen molar-refractivity contribution in [2.45, 2.75) is 13.5 Å². The maximum absolute atomic E-state index is 11.0. The van der Waals surface area contributed by atoms with Crippen molar-refractivity contribution in [1.82, 2.24) is 0 Å². The van der Waals surface area contributed by atoms with Gasteiger partial charge in [-0.25, -0.2) is 0 Å². The first-order chi connectivity index (χ1) is 8.70. The molecule has 0 saturated heterocycles. The number of hydrogen-bond donors (Lipinski definition) is 0. The highest BCUT2D eigenvalue weighted by Crippen LogP contribution is 2.23. The fourth-order valence-corrected chi connectivity index (χ4v) is 2.05. The minimum Gasteiger partial charge on any atom is -0.488 e. The zero-order chi connectivity index (χ0) is 13.0. The molecule has 0 heterocycles. The van der Waals surface area contributed by atoms with Crippen LogP contribution < -0.4 is 4.74 Å². The topological polar surface area (TPSA) is 26.3 Å². The van der Waals surface area contributed by atoms with Crippen molar-refractivity contribution in [1.29, 1.82) is 0 Å². The number of aryl methyl sites for hydroxylation is 1. The summed E-state index contributed by atoms with van der Waals surface area (Å²) in [4.78, 5) is 11.0. The molecule has 0 aliphatic rings. The first-order valence-corrected chi connectivity index (χ1v) is 6.42. The summed E-state index contributed by atoms with van der Waals surface area (Å²) in [7, 11) is 0. The van der Waals surface area contributed by atoms with Gasteiger partial charge >= 0.3 is 0 Å². The zero-order valence-electron chi connectivity index (χ0n) is 10.0. The third-order valence-electron chi connectivity index (χ3n) is 2.74. The summed E-state index contributed by atoms with van der Waals surface area (Å²) < 4.78 is 6.57. The van der Waals surface area contributed by atoms with E-state index in [2.05, 4.69) is 15.9 Å². The van der Waals surface area contributed by atoms with Crippen LogP contribution in [0.5, 0.6) is 5.75 Å². The Morgan fingerprint density at radius 2 is 2.00 bits per heavy atom. The van der Waals surface area contributed by atoms with E-state index in [1.54, 1.807) is 12.1 Å². The Hall–Kier alpha value is -1.61. The summed E-state index contributed by atoms with van der Waals surface area (Å²) in [6.45, 7) is 2.51. The highest BCUT2D eigenvalue weighted by molar-refractivity contribution is 9.10. The van der Waals surface area contributed by atoms with E-state index in [0.29, 0.717) is 17.9 Å². The van der Waals surface area contributed by atoms with Crippen LogP contribution in [-0.4, -0.2) is 6.29 Å². The minimum absolute atomic E-state index is 0.467. The second kappa shape index (κ2) is 5.83. The van der Waals surface area contributed by atoms with E-state index < -0.39 is 0 Å². The van der Waals surface area contributed by atoms with E-state index in [9.17, 15) is 4.79 Å². The van der Waals surface area contributed by atoms with E-state index in [4.69, 9.17) is 4.74 Å². The van der Waals surface area contributed by atoms with Gasteiger partial charge in [-0.3, -0.25) is 4.79 Å². The first-order valence-electron chi connectivity index (χ1n) is 5.63. The molecule has 0 aliphatic heterocycles. The number of aldehydes is 1. The third-order valence-corrected chi connectivity index (χ3v) is 3.24. The van der Waals surface area contributed by atoms with Crippen molar-refractivity contribution in [3.05, 3.63) is 63.6 Å². The molecule has 0 unspecified atom stereocenters. The average molecular weight is 305 g/mol. The number of carbonyl (C=O) groups excluding carboxylic acids is 1. The lowest BCUT2D eigenvalue weighted by molar-refractivity contribution is 0.111. The molecule has 2 rings (SSSR count). The Bertz CT molecular complexity index is 564. The lowest BCUT2D eigenvalue weighted by Crippen LogP contribution is -1.99. The highest BCUT2D eigenvalue weighted by Gasteiger charge is 2.05. The summed E-state index contributed by atoms with van der Waals surface area (Å²) in [5, 5.41) is 0. The normalized spacial score (nSPS) is 10.1. The molecule has 92 valence electrons. The second-order valence-corrected chi connectivity index (χ2v) is 4.93. The average Bonchev–Trinajstić information content (AvgIpc) is 2.39. The van der Waals surface area contributed by atoms with Crippen LogP contribution in [-0.2, 0) is 6.61 Å². The molecule has 18 heavy (non-hydrogen) atoms. The lowest BCUT2D eigenvalue weighted by atomic mass is 10.1.